The smallest absolute Gasteiger partial charge is 0.259 e. The average molecular weight is 271 g/mol. The first-order valence-corrected chi connectivity index (χ1v) is 6.59. The molecule has 0 unspecified atom stereocenters. The largest absolute Gasteiger partial charge is 0.496 e. The third-order valence-corrected chi connectivity index (χ3v) is 3.83. The van der Waals surface area contributed by atoms with Crippen molar-refractivity contribution in [3.05, 3.63) is 41.6 Å². The number of aromatic nitrogens is 2. The fourth-order valence-electron chi connectivity index (χ4n) is 2.65. The van der Waals surface area contributed by atoms with Crippen molar-refractivity contribution in [2.24, 2.45) is 0 Å². The molecule has 0 saturated heterocycles. The van der Waals surface area contributed by atoms with Crippen molar-refractivity contribution in [2.45, 2.75) is 25.2 Å². The van der Waals surface area contributed by atoms with Crippen molar-refractivity contribution >= 4 is 11.7 Å². The highest BCUT2D eigenvalue weighted by atomic mass is 16.5. The number of benzene rings is 1. The van der Waals surface area contributed by atoms with E-state index in [4.69, 9.17) is 10.5 Å². The maximum Gasteiger partial charge on any atom is 0.259 e. The Morgan fingerprint density at radius 2 is 2.10 bits per heavy atom. The molecule has 1 aliphatic carbocycles. The van der Waals surface area contributed by atoms with Crippen molar-refractivity contribution in [1.82, 2.24) is 9.78 Å². The van der Waals surface area contributed by atoms with Gasteiger partial charge in [0.1, 0.15) is 11.6 Å². The Kier molecular flexibility index (Phi) is 2.78. The molecule has 1 aromatic carbocycles. The Balaban J connectivity index is 2.05. The third kappa shape index (κ3) is 1.78. The molecular weight excluding hydrogens is 254 g/mol. The molecule has 0 bridgehead atoms. The van der Waals surface area contributed by atoms with Crippen LogP contribution in [0, 0.1) is 6.92 Å². The molecule has 2 N–H and O–H groups in total. The van der Waals surface area contributed by atoms with Gasteiger partial charge in [-0.05, 0) is 25.8 Å². The molecule has 2 aromatic rings. The molecule has 3 rings (SSSR count). The van der Waals surface area contributed by atoms with E-state index in [9.17, 15) is 4.79 Å². The highest BCUT2D eigenvalue weighted by Crippen LogP contribution is 2.52. The lowest BCUT2D eigenvalue weighted by Gasteiger charge is -2.17. The topological polar surface area (TPSA) is 70.1 Å². The van der Waals surface area contributed by atoms with Gasteiger partial charge in [-0.25, -0.2) is 0 Å². The number of ether oxygens (including phenoxy) is 1. The van der Waals surface area contributed by atoms with Crippen molar-refractivity contribution in [1.29, 1.82) is 0 Å². The second-order valence-electron chi connectivity index (χ2n) is 5.21. The van der Waals surface area contributed by atoms with Crippen molar-refractivity contribution in [2.75, 3.05) is 12.8 Å². The van der Waals surface area contributed by atoms with Gasteiger partial charge in [-0.1, -0.05) is 18.2 Å². The number of anilines is 1. The van der Waals surface area contributed by atoms with Gasteiger partial charge in [0.05, 0.1) is 18.2 Å². The summed E-state index contributed by atoms with van der Waals surface area (Å²) in [5.74, 6) is 1.04. The van der Waals surface area contributed by atoms with Gasteiger partial charge in [0.15, 0.2) is 0 Å². The number of carbonyl (C=O) groups is 1. The molecule has 0 aliphatic heterocycles. The van der Waals surface area contributed by atoms with Gasteiger partial charge in [-0.3, -0.25) is 4.79 Å². The van der Waals surface area contributed by atoms with Gasteiger partial charge in [-0.2, -0.15) is 9.78 Å². The zero-order valence-electron chi connectivity index (χ0n) is 11.6. The van der Waals surface area contributed by atoms with Crippen LogP contribution >= 0.6 is 0 Å². The molecule has 0 spiro atoms. The van der Waals surface area contributed by atoms with E-state index in [1.54, 1.807) is 13.2 Å². The first-order chi connectivity index (χ1) is 9.58. The molecule has 1 heterocycles. The van der Waals surface area contributed by atoms with E-state index in [2.05, 4.69) is 5.10 Å². The number of nitrogen functional groups attached to an aromatic ring is 1. The molecule has 0 amide bonds. The standard InChI is InChI=1S/C15H17N3O2/c1-10-9-13(16)18(17-10)14(19)15(7-8-15)11-5-3-4-6-12(11)20-2/h3-6,9H,7-8,16H2,1-2H3. The Labute approximate surface area is 117 Å². The van der Waals surface area contributed by atoms with Gasteiger partial charge in [0.2, 0.25) is 0 Å². The maximum atomic E-state index is 12.8. The number of hydrogen-bond acceptors (Lipinski definition) is 4. The van der Waals surface area contributed by atoms with Crippen LogP contribution in [0.2, 0.25) is 0 Å². The quantitative estimate of drug-likeness (QED) is 0.928. The molecule has 0 atom stereocenters. The van der Waals surface area contributed by atoms with Gasteiger partial charge in [-0.15, -0.1) is 0 Å². The summed E-state index contributed by atoms with van der Waals surface area (Å²) in [6, 6.07) is 9.34. The van der Waals surface area contributed by atoms with Crippen molar-refractivity contribution in [3.8, 4) is 5.75 Å². The normalized spacial score (nSPS) is 15.9. The number of hydrogen-bond donors (Lipinski definition) is 1. The highest BCUT2D eigenvalue weighted by Gasteiger charge is 2.54. The molecule has 1 aromatic heterocycles. The maximum absolute atomic E-state index is 12.8. The molecule has 5 heteroatoms. The molecule has 104 valence electrons. The number of nitrogens with two attached hydrogens (primary N) is 1. The number of carbonyl (C=O) groups excluding carboxylic acids is 1. The van der Waals surface area contributed by atoms with Crippen LogP contribution in [-0.2, 0) is 5.41 Å². The third-order valence-electron chi connectivity index (χ3n) is 3.83. The minimum atomic E-state index is -0.542. The molecular formula is C15H17N3O2. The van der Waals surface area contributed by atoms with Crippen LogP contribution in [0.5, 0.6) is 5.75 Å². The Bertz CT molecular complexity index is 672. The van der Waals surface area contributed by atoms with E-state index in [0.717, 1.165) is 29.8 Å². The number of methoxy groups -OCH3 is 1. The Morgan fingerprint density at radius 3 is 2.65 bits per heavy atom. The lowest BCUT2D eigenvalue weighted by Crippen LogP contribution is -2.29. The monoisotopic (exact) mass is 271 g/mol. The predicted molar refractivity (Wildman–Crippen MR) is 75.9 cm³/mol. The first-order valence-electron chi connectivity index (χ1n) is 6.59. The summed E-state index contributed by atoms with van der Waals surface area (Å²) in [5, 5.41) is 4.20. The van der Waals surface area contributed by atoms with Crippen LogP contribution in [0.4, 0.5) is 5.82 Å². The van der Waals surface area contributed by atoms with Gasteiger partial charge < -0.3 is 10.5 Å². The minimum Gasteiger partial charge on any atom is -0.496 e. The summed E-state index contributed by atoms with van der Waals surface area (Å²) in [6.07, 6.45) is 1.59. The van der Waals surface area contributed by atoms with E-state index in [1.165, 1.54) is 4.68 Å². The summed E-state index contributed by atoms with van der Waals surface area (Å²) >= 11 is 0. The van der Waals surface area contributed by atoms with Crippen molar-refractivity contribution in [3.63, 3.8) is 0 Å². The lowest BCUT2D eigenvalue weighted by atomic mass is 9.94. The SMILES string of the molecule is COc1ccccc1C1(C(=O)n2nc(C)cc2N)CC1. The second kappa shape index (κ2) is 4.37. The average Bonchev–Trinajstić information content (AvgIpc) is 3.19. The Morgan fingerprint density at radius 1 is 1.40 bits per heavy atom. The second-order valence-corrected chi connectivity index (χ2v) is 5.21. The number of aryl methyl sites for hydroxylation is 1. The summed E-state index contributed by atoms with van der Waals surface area (Å²) in [4.78, 5) is 12.8. The number of rotatable bonds is 3. The van der Waals surface area contributed by atoms with Gasteiger partial charge in [0.25, 0.3) is 5.91 Å². The van der Waals surface area contributed by atoms with Crippen LogP contribution in [0.25, 0.3) is 0 Å². The molecule has 0 radical (unpaired) electrons. The highest BCUT2D eigenvalue weighted by molar-refractivity contribution is 5.95. The minimum absolute atomic E-state index is 0.0763. The summed E-state index contributed by atoms with van der Waals surface area (Å²) < 4.78 is 6.69. The lowest BCUT2D eigenvalue weighted by molar-refractivity contribution is 0.0847. The predicted octanol–water partition coefficient (Wildman–Crippen LogP) is 2.15. The zero-order valence-corrected chi connectivity index (χ0v) is 11.6. The van der Waals surface area contributed by atoms with Crippen LogP contribution in [0.1, 0.15) is 28.9 Å². The van der Waals surface area contributed by atoms with Gasteiger partial charge >= 0.3 is 0 Å². The summed E-state index contributed by atoms with van der Waals surface area (Å²) in [7, 11) is 1.62. The fourth-order valence-corrected chi connectivity index (χ4v) is 2.65. The van der Waals surface area contributed by atoms with E-state index in [-0.39, 0.29) is 5.91 Å². The summed E-state index contributed by atoms with van der Waals surface area (Å²) in [5.41, 5.74) is 6.98. The van der Waals surface area contributed by atoms with Crippen LogP contribution in [0.3, 0.4) is 0 Å². The fraction of sp³-hybridized carbons (Fsp3) is 0.333. The molecule has 1 aliphatic rings. The number of para-hydroxylation sites is 1. The van der Waals surface area contributed by atoms with Crippen LogP contribution in [-0.4, -0.2) is 22.8 Å². The molecule has 20 heavy (non-hydrogen) atoms. The summed E-state index contributed by atoms with van der Waals surface area (Å²) in [6.45, 7) is 1.82. The van der Waals surface area contributed by atoms with E-state index < -0.39 is 5.41 Å². The van der Waals surface area contributed by atoms with E-state index in [1.807, 2.05) is 31.2 Å². The molecule has 5 nitrogen and oxygen atoms in total. The first kappa shape index (κ1) is 12.7. The van der Waals surface area contributed by atoms with Gasteiger partial charge in [0, 0.05) is 11.6 Å². The molecule has 1 saturated carbocycles. The molecule has 1 fully saturated rings. The van der Waals surface area contributed by atoms with Crippen molar-refractivity contribution < 1.29 is 9.53 Å². The van der Waals surface area contributed by atoms with Crippen LogP contribution < -0.4 is 10.5 Å². The van der Waals surface area contributed by atoms with E-state index >= 15 is 0 Å². The number of nitrogens with zero attached hydrogens (tertiary/aromatic N) is 2. The zero-order chi connectivity index (χ0) is 14.3. The Hall–Kier alpha value is -2.30. The van der Waals surface area contributed by atoms with Crippen LogP contribution in [0.15, 0.2) is 30.3 Å². The van der Waals surface area contributed by atoms with E-state index in [0.29, 0.717) is 5.82 Å².